The molecule has 0 bridgehead atoms. The highest BCUT2D eigenvalue weighted by atomic mass is 35.5. The van der Waals surface area contributed by atoms with Gasteiger partial charge in [0.1, 0.15) is 0 Å². The Bertz CT molecular complexity index is 1140. The van der Waals surface area contributed by atoms with Gasteiger partial charge in [-0.05, 0) is 41.5 Å². The van der Waals surface area contributed by atoms with E-state index in [9.17, 15) is 4.79 Å². The monoisotopic (exact) mass is 393 g/mol. The highest BCUT2D eigenvalue weighted by molar-refractivity contribution is 7.98. The third-order valence-corrected chi connectivity index (χ3v) is 5.43. The molecule has 134 valence electrons. The van der Waals surface area contributed by atoms with Gasteiger partial charge in [0.25, 0.3) is 5.56 Å². The predicted octanol–water partition coefficient (Wildman–Crippen LogP) is 4.79. The average molecular weight is 394 g/mol. The zero-order valence-electron chi connectivity index (χ0n) is 14.4. The van der Waals surface area contributed by atoms with Gasteiger partial charge in [-0.15, -0.1) is 0 Å². The normalized spacial score (nSPS) is 11.0. The Balaban J connectivity index is 1.75. The van der Waals surface area contributed by atoms with E-state index in [1.807, 2.05) is 60.7 Å². The van der Waals surface area contributed by atoms with E-state index in [1.54, 1.807) is 17.0 Å². The van der Waals surface area contributed by atoms with Gasteiger partial charge in [-0.1, -0.05) is 53.7 Å². The minimum atomic E-state index is -0.0435. The van der Waals surface area contributed by atoms with Crippen molar-refractivity contribution in [1.29, 1.82) is 0 Å². The lowest BCUT2D eigenvalue weighted by Crippen LogP contribution is -2.24. The summed E-state index contributed by atoms with van der Waals surface area (Å²) in [5.74, 6) is 0.679. The van der Waals surface area contributed by atoms with E-state index in [2.05, 4.69) is 4.98 Å². The summed E-state index contributed by atoms with van der Waals surface area (Å²) in [6.07, 6.45) is 3.49. The fourth-order valence-electron chi connectivity index (χ4n) is 2.85. The van der Waals surface area contributed by atoms with Crippen LogP contribution in [0.25, 0.3) is 10.9 Å². The number of thioether (sulfide) groups is 1. The Labute approximate surface area is 165 Å². The van der Waals surface area contributed by atoms with Gasteiger partial charge in [0.2, 0.25) is 0 Å². The molecule has 4 aromatic rings. The number of nitrogens with zero attached hydrogens (tertiary/aromatic N) is 3. The van der Waals surface area contributed by atoms with Crippen LogP contribution in [0.5, 0.6) is 0 Å². The van der Waals surface area contributed by atoms with Crippen molar-refractivity contribution in [3.05, 3.63) is 99.6 Å². The molecular formula is C21H16ClN3OS. The minimum Gasteiger partial charge on any atom is -0.283 e. The molecule has 0 amide bonds. The van der Waals surface area contributed by atoms with Crippen molar-refractivity contribution in [3.8, 4) is 0 Å². The maximum absolute atomic E-state index is 13.1. The van der Waals surface area contributed by atoms with Crippen LogP contribution in [0.2, 0.25) is 5.02 Å². The van der Waals surface area contributed by atoms with Crippen molar-refractivity contribution in [2.75, 3.05) is 0 Å². The average Bonchev–Trinajstić information content (AvgIpc) is 2.70. The fraction of sp³-hybridized carbons (Fsp3) is 0.0952. The molecule has 0 aliphatic rings. The van der Waals surface area contributed by atoms with Gasteiger partial charge >= 0.3 is 0 Å². The molecule has 6 heteroatoms. The molecule has 0 N–H and O–H groups in total. The van der Waals surface area contributed by atoms with Gasteiger partial charge in [0.15, 0.2) is 5.16 Å². The molecule has 0 saturated carbocycles. The summed E-state index contributed by atoms with van der Waals surface area (Å²) in [4.78, 5) is 22.0. The van der Waals surface area contributed by atoms with Crippen molar-refractivity contribution in [2.45, 2.75) is 17.5 Å². The van der Waals surface area contributed by atoms with Gasteiger partial charge in [0.05, 0.1) is 17.4 Å². The number of para-hydroxylation sites is 1. The molecule has 2 aromatic heterocycles. The van der Waals surface area contributed by atoms with Crippen LogP contribution < -0.4 is 5.56 Å². The molecule has 0 spiro atoms. The molecule has 4 nitrogen and oxygen atoms in total. The second kappa shape index (κ2) is 7.94. The molecule has 2 heterocycles. The lowest BCUT2D eigenvalue weighted by atomic mass is 10.2. The first-order chi connectivity index (χ1) is 13.2. The first kappa shape index (κ1) is 17.8. The predicted molar refractivity (Wildman–Crippen MR) is 110 cm³/mol. The second-order valence-corrected chi connectivity index (χ2v) is 7.46. The van der Waals surface area contributed by atoms with Gasteiger partial charge in [0, 0.05) is 23.2 Å². The largest absolute Gasteiger partial charge is 0.283 e. The maximum atomic E-state index is 13.1. The van der Waals surface area contributed by atoms with Gasteiger partial charge in [-0.25, -0.2) is 4.98 Å². The Kier molecular flexibility index (Phi) is 5.23. The third kappa shape index (κ3) is 4.04. The van der Waals surface area contributed by atoms with E-state index >= 15 is 0 Å². The zero-order valence-corrected chi connectivity index (χ0v) is 16.0. The number of rotatable bonds is 5. The highest BCUT2D eigenvalue weighted by Crippen LogP contribution is 2.24. The lowest BCUT2D eigenvalue weighted by molar-refractivity contribution is 0.656. The first-order valence-electron chi connectivity index (χ1n) is 8.46. The second-order valence-electron chi connectivity index (χ2n) is 6.08. The maximum Gasteiger partial charge on any atom is 0.262 e. The van der Waals surface area contributed by atoms with Crippen LogP contribution in [-0.4, -0.2) is 14.5 Å². The topological polar surface area (TPSA) is 47.8 Å². The van der Waals surface area contributed by atoms with Gasteiger partial charge < -0.3 is 0 Å². The number of benzene rings is 2. The van der Waals surface area contributed by atoms with Crippen molar-refractivity contribution in [3.63, 3.8) is 0 Å². The summed E-state index contributed by atoms with van der Waals surface area (Å²) in [6.45, 7) is 0.433. The van der Waals surface area contributed by atoms with E-state index in [-0.39, 0.29) is 5.56 Å². The van der Waals surface area contributed by atoms with E-state index in [4.69, 9.17) is 16.6 Å². The molecule has 0 fully saturated rings. The molecule has 0 aliphatic carbocycles. The number of halogens is 1. The van der Waals surface area contributed by atoms with Crippen molar-refractivity contribution < 1.29 is 0 Å². The lowest BCUT2D eigenvalue weighted by Gasteiger charge is -2.13. The molecule has 0 atom stereocenters. The van der Waals surface area contributed by atoms with E-state index in [0.29, 0.717) is 33.4 Å². The van der Waals surface area contributed by atoms with Crippen LogP contribution in [0.15, 0.2) is 83.0 Å². The molecular weight excluding hydrogens is 378 g/mol. The van der Waals surface area contributed by atoms with Crippen LogP contribution >= 0.6 is 23.4 Å². The zero-order chi connectivity index (χ0) is 18.6. The van der Waals surface area contributed by atoms with Crippen LogP contribution in [0.3, 0.4) is 0 Å². The van der Waals surface area contributed by atoms with Crippen molar-refractivity contribution in [1.82, 2.24) is 14.5 Å². The number of hydrogen-bond acceptors (Lipinski definition) is 4. The Morgan fingerprint density at radius 2 is 1.85 bits per heavy atom. The standard InChI is InChI=1S/C21H16ClN3OS/c22-17-7-3-5-15(11-17)14-27-21-24-19-9-2-1-8-18(19)20(26)25(21)13-16-6-4-10-23-12-16/h1-12H,13-14H2. The summed E-state index contributed by atoms with van der Waals surface area (Å²) < 4.78 is 1.72. The van der Waals surface area contributed by atoms with E-state index in [0.717, 1.165) is 11.1 Å². The molecule has 27 heavy (non-hydrogen) atoms. The number of pyridine rings is 1. The van der Waals surface area contributed by atoms with Crippen LogP contribution in [-0.2, 0) is 12.3 Å². The first-order valence-corrected chi connectivity index (χ1v) is 9.83. The number of hydrogen-bond donors (Lipinski definition) is 0. The minimum absolute atomic E-state index is 0.0435. The third-order valence-electron chi connectivity index (χ3n) is 4.15. The summed E-state index contributed by atoms with van der Waals surface area (Å²) >= 11 is 7.61. The smallest absolute Gasteiger partial charge is 0.262 e. The Morgan fingerprint density at radius 3 is 2.67 bits per heavy atom. The molecule has 0 saturated heterocycles. The fourth-order valence-corrected chi connectivity index (χ4v) is 4.00. The highest BCUT2D eigenvalue weighted by Gasteiger charge is 2.12. The van der Waals surface area contributed by atoms with Gasteiger partial charge in [-0.3, -0.25) is 14.3 Å². The summed E-state index contributed by atoms with van der Waals surface area (Å²) in [7, 11) is 0. The number of fused-ring (bicyclic) bond motifs is 1. The van der Waals surface area contributed by atoms with E-state index in [1.165, 1.54) is 11.8 Å². The van der Waals surface area contributed by atoms with Crippen LogP contribution in [0, 0.1) is 0 Å². The Morgan fingerprint density at radius 1 is 1.00 bits per heavy atom. The summed E-state index contributed by atoms with van der Waals surface area (Å²) in [5, 5.41) is 2.00. The summed E-state index contributed by atoms with van der Waals surface area (Å²) in [6, 6.07) is 19.0. The van der Waals surface area contributed by atoms with E-state index < -0.39 is 0 Å². The molecule has 4 rings (SSSR count). The Hall–Kier alpha value is -2.63. The van der Waals surface area contributed by atoms with Crippen LogP contribution in [0.1, 0.15) is 11.1 Å². The molecule has 0 aliphatic heterocycles. The van der Waals surface area contributed by atoms with Crippen molar-refractivity contribution >= 4 is 34.3 Å². The molecule has 0 radical (unpaired) electrons. The SMILES string of the molecule is O=c1c2ccccc2nc(SCc2cccc(Cl)c2)n1Cc1cccnc1. The quantitative estimate of drug-likeness (QED) is 0.361. The summed E-state index contributed by atoms with van der Waals surface area (Å²) in [5.41, 5.74) is 2.71. The van der Waals surface area contributed by atoms with Gasteiger partial charge in [-0.2, -0.15) is 0 Å². The molecule has 0 unspecified atom stereocenters. The van der Waals surface area contributed by atoms with Crippen molar-refractivity contribution in [2.24, 2.45) is 0 Å². The number of aromatic nitrogens is 3. The van der Waals surface area contributed by atoms with Crippen LogP contribution in [0.4, 0.5) is 0 Å². The molecule has 2 aromatic carbocycles.